The van der Waals surface area contributed by atoms with Gasteiger partial charge in [-0.3, -0.25) is 0 Å². The van der Waals surface area contributed by atoms with Crippen LogP contribution in [0.25, 0.3) is 6.08 Å². The number of methoxy groups -OCH3 is 1. The Morgan fingerprint density at radius 1 is 1.19 bits per heavy atom. The molecule has 0 spiro atoms. The van der Waals surface area contributed by atoms with Gasteiger partial charge in [-0.15, -0.1) is 0 Å². The largest absolute Gasteiger partial charge is 0.388 e. The number of hydrogen-bond acceptors (Lipinski definition) is 2. The van der Waals surface area contributed by atoms with E-state index in [9.17, 15) is 4.79 Å². The summed E-state index contributed by atoms with van der Waals surface area (Å²) in [6.45, 7) is 3.06. The molecule has 2 rings (SSSR count). The van der Waals surface area contributed by atoms with Crippen LogP contribution in [-0.4, -0.2) is 20.0 Å². The van der Waals surface area contributed by atoms with Crippen molar-refractivity contribution < 1.29 is 9.53 Å². The molecule has 0 bridgehead atoms. The molecule has 1 aliphatic carbocycles. The summed E-state index contributed by atoms with van der Waals surface area (Å²) >= 11 is 0. The summed E-state index contributed by atoms with van der Waals surface area (Å²) in [5, 5.41) is 0. The number of ketones is 1. The molecule has 16 heavy (non-hydrogen) atoms. The molecule has 0 radical (unpaired) electrons. The Morgan fingerprint density at radius 2 is 1.69 bits per heavy atom. The summed E-state index contributed by atoms with van der Waals surface area (Å²) in [4.78, 5) is 9.44. The maximum atomic E-state index is 9.44. The number of fused-ring (bicyclic) bond motifs is 1. The van der Waals surface area contributed by atoms with E-state index >= 15 is 0 Å². The van der Waals surface area contributed by atoms with Crippen LogP contribution in [0.3, 0.4) is 0 Å². The van der Waals surface area contributed by atoms with Crippen LogP contribution in [0.15, 0.2) is 30.3 Å². The van der Waals surface area contributed by atoms with E-state index in [1.165, 1.54) is 25.0 Å². The molecule has 0 saturated heterocycles. The van der Waals surface area contributed by atoms with Crippen molar-refractivity contribution in [2.75, 3.05) is 14.2 Å². The van der Waals surface area contributed by atoms with E-state index in [0.29, 0.717) is 0 Å². The first-order valence-corrected chi connectivity index (χ1v) is 5.23. The molecule has 0 amide bonds. The molecule has 1 aromatic carbocycles. The van der Waals surface area contributed by atoms with Gasteiger partial charge in [0, 0.05) is 14.2 Å². The van der Waals surface area contributed by atoms with Gasteiger partial charge in [-0.1, -0.05) is 36.4 Å². The Bertz CT molecular complexity index is 336. The predicted molar refractivity (Wildman–Crippen MR) is 68.5 cm³/mol. The standard InChI is InChI=1S/C9H8.C3H6O.C2H6O/c1-2-5-9-7-3-6-8(9)4-1;1-3(2)4;1-3-2/h1-6H,7H2;1-2H3;1-2H3. The molecule has 0 saturated carbocycles. The highest BCUT2D eigenvalue weighted by molar-refractivity contribution is 5.72. The van der Waals surface area contributed by atoms with Gasteiger partial charge < -0.3 is 9.53 Å². The Morgan fingerprint density at radius 3 is 2.19 bits per heavy atom. The Hall–Kier alpha value is -1.41. The summed E-state index contributed by atoms with van der Waals surface area (Å²) in [7, 11) is 3.25. The highest BCUT2D eigenvalue weighted by atomic mass is 16.4. The summed E-state index contributed by atoms with van der Waals surface area (Å²) in [5.41, 5.74) is 2.84. The fraction of sp³-hybridized carbons (Fsp3) is 0.357. The van der Waals surface area contributed by atoms with Gasteiger partial charge in [-0.05, 0) is 31.4 Å². The van der Waals surface area contributed by atoms with Gasteiger partial charge in [0.2, 0.25) is 0 Å². The van der Waals surface area contributed by atoms with E-state index in [1.54, 1.807) is 14.2 Å². The third-order valence-corrected chi connectivity index (χ3v) is 1.69. The first kappa shape index (κ1) is 14.6. The number of benzene rings is 1. The minimum atomic E-state index is 0.167. The van der Waals surface area contributed by atoms with Crippen molar-refractivity contribution in [1.82, 2.24) is 0 Å². The van der Waals surface area contributed by atoms with Gasteiger partial charge in [0.25, 0.3) is 0 Å². The molecule has 0 N–H and O–H groups in total. The minimum absolute atomic E-state index is 0.167. The quantitative estimate of drug-likeness (QED) is 0.671. The van der Waals surface area contributed by atoms with Crippen molar-refractivity contribution in [2.24, 2.45) is 0 Å². The van der Waals surface area contributed by atoms with Crippen molar-refractivity contribution in [1.29, 1.82) is 0 Å². The topological polar surface area (TPSA) is 26.3 Å². The zero-order valence-electron chi connectivity index (χ0n) is 10.5. The maximum Gasteiger partial charge on any atom is 0.126 e. The Kier molecular flexibility index (Phi) is 8.08. The highest BCUT2D eigenvalue weighted by Gasteiger charge is 2.00. The number of ether oxygens (including phenoxy) is 1. The van der Waals surface area contributed by atoms with Crippen LogP contribution >= 0.6 is 0 Å². The van der Waals surface area contributed by atoms with Crippen molar-refractivity contribution in [3.63, 3.8) is 0 Å². The van der Waals surface area contributed by atoms with Crippen molar-refractivity contribution >= 4 is 11.9 Å². The molecule has 0 aromatic heterocycles. The van der Waals surface area contributed by atoms with Crippen LogP contribution < -0.4 is 0 Å². The molecule has 1 aliphatic rings. The van der Waals surface area contributed by atoms with Gasteiger partial charge in [-0.25, -0.2) is 0 Å². The third-order valence-electron chi connectivity index (χ3n) is 1.69. The first-order chi connectivity index (χ1) is 7.61. The second-order valence-electron chi connectivity index (χ2n) is 3.62. The molecule has 2 heteroatoms. The Balaban J connectivity index is 0.000000275. The van der Waals surface area contributed by atoms with Crippen LogP contribution in [0, 0.1) is 0 Å². The van der Waals surface area contributed by atoms with Gasteiger partial charge in [-0.2, -0.15) is 0 Å². The van der Waals surface area contributed by atoms with E-state index in [4.69, 9.17) is 0 Å². The molecule has 0 unspecified atom stereocenters. The second-order valence-corrected chi connectivity index (χ2v) is 3.62. The van der Waals surface area contributed by atoms with Gasteiger partial charge in [0.15, 0.2) is 0 Å². The number of Topliss-reactive ketones (excluding diaryl/α,β-unsaturated/α-hetero) is 1. The zero-order chi connectivity index (χ0) is 12.4. The van der Waals surface area contributed by atoms with Crippen LogP contribution in [-0.2, 0) is 16.0 Å². The lowest BCUT2D eigenvalue weighted by Gasteiger charge is -1.93. The number of carbonyl (C=O) groups is 1. The van der Waals surface area contributed by atoms with Crippen LogP contribution in [0.2, 0.25) is 0 Å². The fourth-order valence-corrected chi connectivity index (χ4v) is 1.20. The maximum absolute atomic E-state index is 9.44. The zero-order valence-corrected chi connectivity index (χ0v) is 10.5. The second kappa shape index (κ2) is 8.86. The van der Waals surface area contributed by atoms with Crippen LogP contribution in [0.5, 0.6) is 0 Å². The van der Waals surface area contributed by atoms with E-state index in [0.717, 1.165) is 6.42 Å². The molecular formula is C14H20O2. The average Bonchev–Trinajstić information content (AvgIpc) is 2.65. The van der Waals surface area contributed by atoms with Crippen molar-refractivity contribution in [3.05, 3.63) is 41.5 Å². The van der Waals surface area contributed by atoms with Crippen molar-refractivity contribution in [2.45, 2.75) is 20.3 Å². The molecule has 1 aromatic rings. The molecule has 0 aliphatic heterocycles. The summed E-state index contributed by atoms with van der Waals surface area (Å²) in [6, 6.07) is 8.49. The van der Waals surface area contributed by atoms with Crippen LogP contribution in [0.4, 0.5) is 0 Å². The van der Waals surface area contributed by atoms with E-state index in [1.807, 2.05) is 0 Å². The number of rotatable bonds is 0. The van der Waals surface area contributed by atoms with E-state index in [-0.39, 0.29) is 5.78 Å². The number of carbonyl (C=O) groups excluding carboxylic acids is 1. The molecule has 0 atom stereocenters. The minimum Gasteiger partial charge on any atom is -0.388 e. The lowest BCUT2D eigenvalue weighted by Crippen LogP contribution is -1.76. The van der Waals surface area contributed by atoms with Gasteiger partial charge in [0.1, 0.15) is 5.78 Å². The summed E-state index contributed by atoms with van der Waals surface area (Å²) in [6.07, 6.45) is 5.50. The van der Waals surface area contributed by atoms with Crippen molar-refractivity contribution in [3.8, 4) is 0 Å². The normalized spacial score (nSPS) is 10.5. The Labute approximate surface area is 97.9 Å². The SMILES string of the molecule is C1=Cc2ccccc2C1.CC(C)=O.COC. The fourth-order valence-electron chi connectivity index (χ4n) is 1.20. The highest BCUT2D eigenvalue weighted by Crippen LogP contribution is 2.17. The first-order valence-electron chi connectivity index (χ1n) is 5.23. The van der Waals surface area contributed by atoms with Gasteiger partial charge in [0.05, 0.1) is 0 Å². The molecule has 0 heterocycles. The van der Waals surface area contributed by atoms with Gasteiger partial charge >= 0.3 is 0 Å². The monoisotopic (exact) mass is 220 g/mol. The summed E-state index contributed by atoms with van der Waals surface area (Å²) < 4.78 is 4.25. The molecule has 88 valence electrons. The van der Waals surface area contributed by atoms with Crippen LogP contribution in [0.1, 0.15) is 25.0 Å². The molecule has 2 nitrogen and oxygen atoms in total. The number of hydrogen-bond donors (Lipinski definition) is 0. The number of allylic oxidation sites excluding steroid dienone is 1. The molecule has 0 fully saturated rings. The van der Waals surface area contributed by atoms with E-state index in [2.05, 4.69) is 41.2 Å². The third kappa shape index (κ3) is 6.96. The predicted octanol–water partition coefficient (Wildman–Crippen LogP) is 3.11. The smallest absolute Gasteiger partial charge is 0.126 e. The summed E-state index contributed by atoms with van der Waals surface area (Å²) in [5.74, 6) is 0.167. The lowest BCUT2D eigenvalue weighted by molar-refractivity contribution is -0.114. The lowest BCUT2D eigenvalue weighted by atomic mass is 10.1. The average molecular weight is 220 g/mol. The molecular weight excluding hydrogens is 200 g/mol. The van der Waals surface area contributed by atoms with E-state index < -0.39 is 0 Å².